The minimum Gasteiger partial charge on any atom is -0.756 e. The van der Waals surface area contributed by atoms with Crippen LogP contribution in [0.5, 0.6) is 0 Å². The Balaban J connectivity index is 4.00. The SMILES string of the molecule is CC/C=C\C/C=C\C/C=C\C/C=C\CCCCCCCCCCCCCCCCCCCCCCCCC(=O)OC(COC(=O)CCCCCCCCC/C=C\C/C=C\C/C=C\CC)COP(=O)([O-])OCC[N+](C)(C)C. The summed E-state index contributed by atoms with van der Waals surface area (Å²) < 4.78 is 34.2. The summed E-state index contributed by atoms with van der Waals surface area (Å²) in [7, 11) is 1.16. The molecule has 0 aliphatic heterocycles. The highest BCUT2D eigenvalue weighted by atomic mass is 31.2. The second-order valence-corrected chi connectivity index (χ2v) is 23.4. The van der Waals surface area contributed by atoms with Gasteiger partial charge in [-0.3, -0.25) is 14.2 Å². The molecule has 2 atom stereocenters. The van der Waals surface area contributed by atoms with Gasteiger partial charge in [0, 0.05) is 12.8 Å². The van der Waals surface area contributed by atoms with Gasteiger partial charge in [-0.2, -0.15) is 0 Å². The van der Waals surface area contributed by atoms with E-state index in [9.17, 15) is 19.0 Å². The van der Waals surface area contributed by atoms with Crippen LogP contribution in [0.3, 0.4) is 0 Å². The topological polar surface area (TPSA) is 111 Å². The average molecular weight is 1080 g/mol. The number of hydrogen-bond acceptors (Lipinski definition) is 8. The summed E-state index contributed by atoms with van der Waals surface area (Å²) in [6, 6.07) is 0. The van der Waals surface area contributed by atoms with Crippen LogP contribution in [-0.2, 0) is 32.7 Å². The highest BCUT2D eigenvalue weighted by molar-refractivity contribution is 7.45. The molecule has 0 bridgehead atoms. The van der Waals surface area contributed by atoms with E-state index in [0.717, 1.165) is 96.3 Å². The normalized spacial score (nSPS) is 13.8. The van der Waals surface area contributed by atoms with Crippen molar-refractivity contribution in [2.45, 2.75) is 277 Å². The molecular weight excluding hydrogens is 966 g/mol. The van der Waals surface area contributed by atoms with E-state index >= 15 is 0 Å². The van der Waals surface area contributed by atoms with Gasteiger partial charge in [-0.1, -0.05) is 259 Å². The maximum absolute atomic E-state index is 12.8. The first-order chi connectivity index (χ1) is 37.0. The van der Waals surface area contributed by atoms with Gasteiger partial charge < -0.3 is 27.9 Å². The van der Waals surface area contributed by atoms with Crippen LogP contribution in [0.4, 0.5) is 0 Å². The Bertz CT molecular complexity index is 1560. The summed E-state index contributed by atoms with van der Waals surface area (Å²) in [5.41, 5.74) is 0. The number of allylic oxidation sites excluding steroid dienone is 14. The molecule has 0 aromatic heterocycles. The Kier molecular flexibility index (Phi) is 54.8. The summed E-state index contributed by atoms with van der Waals surface area (Å²) in [6.45, 7) is 4.02. The number of likely N-dealkylation sites (N-methyl/N-ethyl adjacent to an activating group) is 1. The number of carbonyl (C=O) groups excluding carboxylic acids is 2. The van der Waals surface area contributed by atoms with Gasteiger partial charge in [-0.15, -0.1) is 0 Å². The van der Waals surface area contributed by atoms with Crippen LogP contribution in [0.1, 0.15) is 271 Å². The first kappa shape index (κ1) is 73.2. The number of rotatable bonds is 57. The van der Waals surface area contributed by atoms with Gasteiger partial charge in [0.1, 0.15) is 19.8 Å². The molecule has 0 aromatic rings. The number of ether oxygens (including phenoxy) is 2. The zero-order valence-electron chi connectivity index (χ0n) is 49.9. The summed E-state index contributed by atoms with van der Waals surface area (Å²) >= 11 is 0. The lowest BCUT2D eigenvalue weighted by Gasteiger charge is -2.28. The molecule has 0 N–H and O–H groups in total. The molecule has 0 fully saturated rings. The summed E-state index contributed by atoms with van der Waals surface area (Å²) in [5, 5.41) is 0. The molecule has 0 saturated carbocycles. The van der Waals surface area contributed by atoms with Crippen molar-refractivity contribution in [3.05, 3.63) is 85.1 Å². The molecule has 0 rings (SSSR count). The number of nitrogens with zero attached hydrogens (tertiary/aromatic N) is 1. The van der Waals surface area contributed by atoms with Crippen LogP contribution < -0.4 is 4.89 Å². The van der Waals surface area contributed by atoms with Crippen molar-refractivity contribution in [2.24, 2.45) is 0 Å². The Labute approximate surface area is 469 Å². The zero-order valence-corrected chi connectivity index (χ0v) is 50.8. The lowest BCUT2D eigenvalue weighted by Crippen LogP contribution is -2.37. The molecular formula is C66H118NO8P. The fraction of sp³-hybridized carbons (Fsp3) is 0.758. The van der Waals surface area contributed by atoms with Crippen LogP contribution in [0.25, 0.3) is 0 Å². The second-order valence-electron chi connectivity index (χ2n) is 22.0. The van der Waals surface area contributed by atoms with Gasteiger partial charge in [0.15, 0.2) is 6.10 Å². The van der Waals surface area contributed by atoms with Crippen molar-refractivity contribution in [3.63, 3.8) is 0 Å². The van der Waals surface area contributed by atoms with E-state index < -0.39 is 32.5 Å². The third-order valence-corrected chi connectivity index (χ3v) is 14.4. The average Bonchev–Trinajstić information content (AvgIpc) is 3.38. The highest BCUT2D eigenvalue weighted by Gasteiger charge is 2.22. The van der Waals surface area contributed by atoms with Crippen LogP contribution in [-0.4, -0.2) is 70.0 Å². The number of unbranched alkanes of at least 4 members (excludes halogenated alkanes) is 29. The first-order valence-electron chi connectivity index (χ1n) is 31.3. The van der Waals surface area contributed by atoms with Crippen molar-refractivity contribution < 1.29 is 42.1 Å². The van der Waals surface area contributed by atoms with Crippen molar-refractivity contribution in [1.82, 2.24) is 0 Å². The summed E-state index contributed by atoms with van der Waals surface area (Å²) in [4.78, 5) is 37.9. The van der Waals surface area contributed by atoms with E-state index in [-0.39, 0.29) is 26.1 Å². The van der Waals surface area contributed by atoms with Crippen LogP contribution in [0, 0.1) is 0 Å². The largest absolute Gasteiger partial charge is 0.756 e. The maximum Gasteiger partial charge on any atom is 0.306 e. The molecule has 9 nitrogen and oxygen atoms in total. The maximum atomic E-state index is 12.8. The monoisotopic (exact) mass is 1080 g/mol. The lowest BCUT2D eigenvalue weighted by atomic mass is 10.0. The number of esters is 2. The zero-order chi connectivity index (χ0) is 55.6. The molecule has 0 amide bonds. The van der Waals surface area contributed by atoms with E-state index in [1.807, 2.05) is 21.1 Å². The van der Waals surface area contributed by atoms with Crippen LogP contribution in [0.2, 0.25) is 0 Å². The highest BCUT2D eigenvalue weighted by Crippen LogP contribution is 2.38. The van der Waals surface area contributed by atoms with E-state index in [0.29, 0.717) is 17.4 Å². The van der Waals surface area contributed by atoms with Crippen molar-refractivity contribution in [2.75, 3.05) is 47.5 Å². The summed E-state index contributed by atoms with van der Waals surface area (Å²) in [5.74, 6) is -0.838. The number of phosphoric ester groups is 1. The quantitative estimate of drug-likeness (QED) is 0.0195. The van der Waals surface area contributed by atoms with E-state index in [1.54, 1.807) is 0 Å². The standard InChI is InChI=1S/C66H118NO8P/c1-6-8-10-12-14-16-18-20-22-24-25-26-27-28-29-30-31-32-33-34-35-36-37-38-39-40-41-43-45-47-49-51-53-55-57-59-66(69)75-64(63-74-76(70,71)73-61-60-67(3,4)5)62-72-65(68)58-56-54-52-50-48-46-44-42-23-21-19-17-15-13-11-9-7-2/h8-11,14-17,20-23,25-26,64H,6-7,12-13,18-19,24,27-63H2,1-5H3/b10-8-,11-9-,16-14-,17-15-,22-20-,23-21-,26-25-. The number of carbonyl (C=O) groups is 2. The third kappa shape index (κ3) is 60.4. The molecule has 0 heterocycles. The smallest absolute Gasteiger partial charge is 0.306 e. The van der Waals surface area contributed by atoms with Gasteiger partial charge in [-0.05, 0) is 83.5 Å². The van der Waals surface area contributed by atoms with E-state index in [1.165, 1.54) is 141 Å². The van der Waals surface area contributed by atoms with Gasteiger partial charge in [0.05, 0.1) is 27.7 Å². The van der Waals surface area contributed by atoms with Gasteiger partial charge in [-0.25, -0.2) is 0 Å². The first-order valence-corrected chi connectivity index (χ1v) is 32.8. The number of hydrogen-bond donors (Lipinski definition) is 0. The fourth-order valence-electron chi connectivity index (χ4n) is 8.66. The summed E-state index contributed by atoms with van der Waals surface area (Å²) in [6.07, 6.45) is 76.5. The lowest BCUT2D eigenvalue weighted by molar-refractivity contribution is -0.870. The minimum absolute atomic E-state index is 0.0340. The number of quaternary nitrogens is 1. The number of phosphoric acid groups is 1. The molecule has 76 heavy (non-hydrogen) atoms. The Morgan fingerprint density at radius 3 is 1.05 bits per heavy atom. The minimum atomic E-state index is -4.64. The predicted molar refractivity (Wildman–Crippen MR) is 323 cm³/mol. The molecule has 0 aliphatic carbocycles. The molecule has 0 saturated heterocycles. The Morgan fingerprint density at radius 1 is 0.408 bits per heavy atom. The van der Waals surface area contributed by atoms with Crippen LogP contribution >= 0.6 is 7.82 Å². The van der Waals surface area contributed by atoms with Crippen LogP contribution in [0.15, 0.2) is 85.1 Å². The Hall–Kier alpha value is -2.81. The third-order valence-electron chi connectivity index (χ3n) is 13.4. The van der Waals surface area contributed by atoms with E-state index in [2.05, 4.69) is 98.9 Å². The van der Waals surface area contributed by atoms with E-state index in [4.69, 9.17) is 18.5 Å². The second kappa shape index (κ2) is 56.9. The molecule has 0 aliphatic rings. The van der Waals surface area contributed by atoms with Gasteiger partial charge in [0.2, 0.25) is 0 Å². The molecule has 0 aromatic carbocycles. The molecule has 2 unspecified atom stereocenters. The molecule has 440 valence electrons. The van der Waals surface area contributed by atoms with Crippen molar-refractivity contribution in [3.8, 4) is 0 Å². The molecule has 0 radical (unpaired) electrons. The van der Waals surface area contributed by atoms with Crippen molar-refractivity contribution in [1.29, 1.82) is 0 Å². The molecule has 10 heteroatoms. The van der Waals surface area contributed by atoms with Gasteiger partial charge >= 0.3 is 11.9 Å². The predicted octanol–water partition coefficient (Wildman–Crippen LogP) is 19.2. The van der Waals surface area contributed by atoms with Crippen molar-refractivity contribution >= 4 is 19.8 Å². The Morgan fingerprint density at radius 2 is 0.711 bits per heavy atom. The molecule has 0 spiro atoms. The fourth-order valence-corrected chi connectivity index (χ4v) is 9.39. The van der Waals surface area contributed by atoms with Gasteiger partial charge in [0.25, 0.3) is 7.82 Å².